The molecule has 4 heteroatoms. The molecule has 0 atom stereocenters. The predicted molar refractivity (Wildman–Crippen MR) is 86.5 cm³/mol. The second-order valence-corrected chi connectivity index (χ2v) is 6.63. The molecule has 1 rings (SSSR count). The smallest absolute Gasteiger partial charge is 0.305 e. The molecule has 0 bridgehead atoms. The highest BCUT2D eigenvalue weighted by molar-refractivity contribution is 6.00. The number of hydrogen-bond donors (Lipinski definition) is 0. The van der Waals surface area contributed by atoms with Crippen molar-refractivity contribution in [3.05, 3.63) is 29.3 Å². The first-order valence-electron chi connectivity index (χ1n) is 7.56. The Morgan fingerprint density at radius 3 is 2.27 bits per heavy atom. The summed E-state index contributed by atoms with van der Waals surface area (Å²) in [6.45, 7) is 10.1. The van der Waals surface area contributed by atoms with Crippen LogP contribution in [0.3, 0.4) is 0 Å². The summed E-state index contributed by atoms with van der Waals surface area (Å²) < 4.78 is 10.3. The van der Waals surface area contributed by atoms with Crippen molar-refractivity contribution in [1.82, 2.24) is 0 Å². The molecule has 0 spiro atoms. The summed E-state index contributed by atoms with van der Waals surface area (Å²) in [4.78, 5) is 23.7. The number of carbonyl (C=O) groups is 2. The van der Waals surface area contributed by atoms with Gasteiger partial charge in [0.25, 0.3) is 0 Å². The molecule has 0 radical (unpaired) electrons. The van der Waals surface area contributed by atoms with Crippen LogP contribution in [-0.4, -0.2) is 25.0 Å². The number of rotatable bonds is 6. The van der Waals surface area contributed by atoms with Crippen molar-refractivity contribution >= 4 is 11.8 Å². The predicted octanol–water partition coefficient (Wildman–Crippen LogP) is 3.91. The molecule has 0 fully saturated rings. The van der Waals surface area contributed by atoms with Crippen molar-refractivity contribution in [2.75, 3.05) is 7.11 Å². The van der Waals surface area contributed by atoms with Crippen LogP contribution in [0.4, 0.5) is 0 Å². The summed E-state index contributed by atoms with van der Waals surface area (Å²) in [6, 6.07) is 5.69. The summed E-state index contributed by atoms with van der Waals surface area (Å²) in [6.07, 6.45) is 0.179. The molecule has 0 aliphatic carbocycles. The molecule has 0 heterocycles. The van der Waals surface area contributed by atoms with E-state index in [0.717, 1.165) is 5.56 Å². The Hall–Kier alpha value is -1.84. The highest BCUT2D eigenvalue weighted by atomic mass is 16.5. The first-order chi connectivity index (χ1) is 10.1. The second kappa shape index (κ2) is 7.43. The third-order valence-electron chi connectivity index (χ3n) is 3.29. The standard InChI is InChI=1S/C18H26O4/c1-12(2)22-16-9-7-13(18(3,4)5)11-14(16)15(19)8-10-17(20)21-6/h7,9,11-12H,8,10H2,1-6H3. The molecule has 0 aliphatic heterocycles. The van der Waals surface area contributed by atoms with Crippen LogP contribution in [0.2, 0.25) is 0 Å². The molecule has 0 N–H and O–H groups in total. The lowest BCUT2D eigenvalue weighted by molar-refractivity contribution is -0.140. The van der Waals surface area contributed by atoms with Crippen molar-refractivity contribution in [1.29, 1.82) is 0 Å². The van der Waals surface area contributed by atoms with E-state index in [1.165, 1.54) is 7.11 Å². The maximum absolute atomic E-state index is 12.5. The van der Waals surface area contributed by atoms with Crippen molar-refractivity contribution in [2.24, 2.45) is 0 Å². The van der Waals surface area contributed by atoms with E-state index < -0.39 is 0 Å². The van der Waals surface area contributed by atoms with Gasteiger partial charge < -0.3 is 9.47 Å². The van der Waals surface area contributed by atoms with Gasteiger partial charge in [-0.3, -0.25) is 9.59 Å². The van der Waals surface area contributed by atoms with E-state index in [9.17, 15) is 9.59 Å². The Labute approximate surface area is 132 Å². The lowest BCUT2D eigenvalue weighted by Gasteiger charge is -2.22. The van der Waals surface area contributed by atoms with Gasteiger partial charge in [0.2, 0.25) is 0 Å². The fourth-order valence-corrected chi connectivity index (χ4v) is 2.02. The zero-order chi connectivity index (χ0) is 16.9. The van der Waals surface area contributed by atoms with Gasteiger partial charge in [0, 0.05) is 6.42 Å². The van der Waals surface area contributed by atoms with Crippen LogP contribution in [-0.2, 0) is 14.9 Å². The van der Waals surface area contributed by atoms with Crippen molar-refractivity contribution in [3.8, 4) is 5.75 Å². The number of ketones is 1. The van der Waals surface area contributed by atoms with Crippen molar-refractivity contribution in [2.45, 2.75) is 59.0 Å². The summed E-state index contributed by atoms with van der Waals surface area (Å²) >= 11 is 0. The molecular formula is C18H26O4. The molecule has 4 nitrogen and oxygen atoms in total. The number of ether oxygens (including phenoxy) is 2. The van der Waals surface area contributed by atoms with E-state index in [2.05, 4.69) is 25.5 Å². The van der Waals surface area contributed by atoms with Crippen LogP contribution in [0.25, 0.3) is 0 Å². The molecule has 122 valence electrons. The van der Waals surface area contributed by atoms with Gasteiger partial charge >= 0.3 is 5.97 Å². The number of carbonyl (C=O) groups excluding carboxylic acids is 2. The number of Topliss-reactive ketones (excluding diaryl/α,β-unsaturated/α-hetero) is 1. The van der Waals surface area contributed by atoms with Gasteiger partial charge in [0.15, 0.2) is 5.78 Å². The van der Waals surface area contributed by atoms with E-state index in [1.807, 2.05) is 32.0 Å². The summed E-state index contributed by atoms with van der Waals surface area (Å²) in [5.74, 6) is 0.0802. The first-order valence-corrected chi connectivity index (χ1v) is 7.56. The summed E-state index contributed by atoms with van der Waals surface area (Å²) in [5.41, 5.74) is 1.53. The molecule has 0 saturated carbocycles. The van der Waals surface area contributed by atoms with Crippen molar-refractivity contribution < 1.29 is 19.1 Å². The average molecular weight is 306 g/mol. The van der Waals surface area contributed by atoms with Crippen molar-refractivity contribution in [3.63, 3.8) is 0 Å². The van der Waals surface area contributed by atoms with E-state index >= 15 is 0 Å². The molecule has 0 saturated heterocycles. The molecule has 0 amide bonds. The third-order valence-corrected chi connectivity index (χ3v) is 3.29. The zero-order valence-electron chi connectivity index (χ0n) is 14.4. The van der Waals surface area contributed by atoms with Crippen LogP contribution in [0.15, 0.2) is 18.2 Å². The summed E-state index contributed by atoms with van der Waals surface area (Å²) in [7, 11) is 1.32. The fourth-order valence-electron chi connectivity index (χ4n) is 2.02. The maximum Gasteiger partial charge on any atom is 0.305 e. The van der Waals surface area contributed by atoms with Gasteiger partial charge in [-0.1, -0.05) is 26.8 Å². The van der Waals surface area contributed by atoms with Crippen LogP contribution >= 0.6 is 0 Å². The van der Waals surface area contributed by atoms with Gasteiger partial charge in [-0.05, 0) is 37.0 Å². The van der Waals surface area contributed by atoms with Crippen LogP contribution in [0.1, 0.15) is 63.4 Å². The van der Waals surface area contributed by atoms with Gasteiger partial charge in [-0.2, -0.15) is 0 Å². The molecule has 22 heavy (non-hydrogen) atoms. The monoisotopic (exact) mass is 306 g/mol. The fraction of sp³-hybridized carbons (Fsp3) is 0.556. The normalized spacial score (nSPS) is 11.4. The van der Waals surface area contributed by atoms with E-state index in [0.29, 0.717) is 11.3 Å². The molecule has 1 aromatic carbocycles. The largest absolute Gasteiger partial charge is 0.490 e. The van der Waals surface area contributed by atoms with E-state index in [1.54, 1.807) is 0 Å². The topological polar surface area (TPSA) is 52.6 Å². The van der Waals surface area contributed by atoms with Crippen LogP contribution in [0, 0.1) is 0 Å². The molecule has 0 unspecified atom stereocenters. The van der Waals surface area contributed by atoms with E-state index in [4.69, 9.17) is 4.74 Å². The van der Waals surface area contributed by atoms with Crippen LogP contribution < -0.4 is 4.74 Å². The second-order valence-electron chi connectivity index (χ2n) is 6.63. The van der Waals surface area contributed by atoms with Gasteiger partial charge in [-0.25, -0.2) is 0 Å². The average Bonchev–Trinajstić information content (AvgIpc) is 2.42. The molecular weight excluding hydrogens is 280 g/mol. The highest BCUT2D eigenvalue weighted by Crippen LogP contribution is 2.29. The Morgan fingerprint density at radius 1 is 1.14 bits per heavy atom. The van der Waals surface area contributed by atoms with Crippen LogP contribution in [0.5, 0.6) is 5.75 Å². The van der Waals surface area contributed by atoms with Gasteiger partial charge in [-0.15, -0.1) is 0 Å². The van der Waals surface area contributed by atoms with Gasteiger partial charge in [0.1, 0.15) is 5.75 Å². The lowest BCUT2D eigenvalue weighted by Crippen LogP contribution is -2.15. The Morgan fingerprint density at radius 2 is 1.77 bits per heavy atom. The molecule has 0 aromatic heterocycles. The van der Waals surface area contributed by atoms with Gasteiger partial charge in [0.05, 0.1) is 25.2 Å². The third kappa shape index (κ3) is 5.17. The minimum absolute atomic E-state index is 0.0207. The minimum Gasteiger partial charge on any atom is -0.490 e. The minimum atomic E-state index is -0.383. The number of hydrogen-bond acceptors (Lipinski definition) is 4. The highest BCUT2D eigenvalue weighted by Gasteiger charge is 2.20. The Kier molecular flexibility index (Phi) is 6.15. The maximum atomic E-state index is 12.5. The zero-order valence-corrected chi connectivity index (χ0v) is 14.4. The number of methoxy groups -OCH3 is 1. The lowest BCUT2D eigenvalue weighted by atomic mass is 9.85. The molecule has 1 aromatic rings. The molecule has 0 aliphatic rings. The SMILES string of the molecule is COC(=O)CCC(=O)c1cc(C(C)(C)C)ccc1OC(C)C. The summed E-state index contributed by atoms with van der Waals surface area (Å²) in [5, 5.41) is 0. The Balaban J connectivity index is 3.10. The first kappa shape index (κ1) is 18.2. The Bertz CT molecular complexity index is 539. The van der Waals surface area contributed by atoms with E-state index in [-0.39, 0.29) is 36.1 Å². The number of esters is 1. The quantitative estimate of drug-likeness (QED) is 0.590. The number of benzene rings is 1.